The van der Waals surface area contributed by atoms with Crippen molar-refractivity contribution in [2.75, 3.05) is 0 Å². The Morgan fingerprint density at radius 2 is 2.14 bits per heavy atom. The molecule has 4 nitrogen and oxygen atoms in total. The van der Waals surface area contributed by atoms with Gasteiger partial charge in [0.05, 0.1) is 11.2 Å². The van der Waals surface area contributed by atoms with Crippen LogP contribution >= 0.6 is 23.8 Å². The third kappa shape index (κ3) is 4.68. The van der Waals surface area contributed by atoms with Crippen LogP contribution in [0.3, 0.4) is 0 Å². The molecule has 0 atom stereocenters. The Kier molecular flexibility index (Phi) is 5.68. The van der Waals surface area contributed by atoms with Gasteiger partial charge in [0.2, 0.25) is 0 Å². The van der Waals surface area contributed by atoms with Crippen LogP contribution in [0.25, 0.3) is 0 Å². The van der Waals surface area contributed by atoms with Crippen molar-refractivity contribution in [2.24, 2.45) is 10.8 Å². The van der Waals surface area contributed by atoms with Gasteiger partial charge in [-0.3, -0.25) is 5.43 Å². The van der Waals surface area contributed by atoms with Gasteiger partial charge in [0.25, 0.3) is 0 Å². The van der Waals surface area contributed by atoms with Crippen molar-refractivity contribution in [1.29, 1.82) is 0 Å². The summed E-state index contributed by atoms with van der Waals surface area (Å²) in [5.41, 5.74) is 8.81. The molecule has 0 saturated carbocycles. The first-order valence-corrected chi connectivity index (χ1v) is 7.09. The molecule has 114 valence electrons. The first kappa shape index (κ1) is 16.2. The van der Waals surface area contributed by atoms with E-state index in [-0.39, 0.29) is 11.7 Å². The van der Waals surface area contributed by atoms with E-state index in [1.807, 2.05) is 6.07 Å². The van der Waals surface area contributed by atoms with Crippen molar-refractivity contribution in [3.05, 3.63) is 64.4 Å². The lowest BCUT2D eigenvalue weighted by molar-refractivity contribution is 0.300. The molecule has 22 heavy (non-hydrogen) atoms. The highest BCUT2D eigenvalue weighted by atomic mass is 35.5. The fraction of sp³-hybridized carbons (Fsp3) is 0.0667. The number of nitrogens with zero attached hydrogens (tertiary/aromatic N) is 1. The molecule has 0 aliphatic rings. The van der Waals surface area contributed by atoms with E-state index in [0.29, 0.717) is 16.3 Å². The maximum absolute atomic E-state index is 13.7. The minimum Gasteiger partial charge on any atom is -0.489 e. The van der Waals surface area contributed by atoms with Crippen LogP contribution in [0.2, 0.25) is 5.02 Å². The first-order valence-electron chi connectivity index (χ1n) is 6.30. The van der Waals surface area contributed by atoms with Gasteiger partial charge in [-0.1, -0.05) is 29.8 Å². The van der Waals surface area contributed by atoms with E-state index >= 15 is 0 Å². The number of hydrogen-bond acceptors (Lipinski definition) is 3. The van der Waals surface area contributed by atoms with Crippen molar-refractivity contribution in [3.8, 4) is 5.75 Å². The van der Waals surface area contributed by atoms with E-state index in [1.54, 1.807) is 36.5 Å². The van der Waals surface area contributed by atoms with Crippen LogP contribution in [-0.2, 0) is 6.61 Å². The van der Waals surface area contributed by atoms with Crippen molar-refractivity contribution in [1.82, 2.24) is 5.43 Å². The zero-order valence-corrected chi connectivity index (χ0v) is 13.0. The molecule has 0 spiro atoms. The molecule has 0 heterocycles. The summed E-state index contributed by atoms with van der Waals surface area (Å²) in [6, 6.07) is 11.6. The first-order chi connectivity index (χ1) is 10.6. The lowest BCUT2D eigenvalue weighted by atomic mass is 10.2. The summed E-state index contributed by atoms with van der Waals surface area (Å²) in [5, 5.41) is 4.26. The number of rotatable bonds is 5. The second kappa shape index (κ2) is 7.72. The summed E-state index contributed by atoms with van der Waals surface area (Å²) >= 11 is 10.6. The average molecular weight is 338 g/mol. The maximum atomic E-state index is 13.7. The van der Waals surface area contributed by atoms with Crippen molar-refractivity contribution in [3.63, 3.8) is 0 Å². The molecule has 0 aliphatic heterocycles. The molecule has 7 heteroatoms. The normalized spacial score (nSPS) is 10.6. The molecule has 2 aromatic rings. The van der Waals surface area contributed by atoms with Crippen molar-refractivity contribution in [2.45, 2.75) is 6.61 Å². The summed E-state index contributed by atoms with van der Waals surface area (Å²) in [4.78, 5) is 0. The number of nitrogens with one attached hydrogen (secondary N) is 1. The summed E-state index contributed by atoms with van der Waals surface area (Å²) in [5.74, 6) is 0.171. The minimum atomic E-state index is -0.397. The van der Waals surface area contributed by atoms with Crippen molar-refractivity contribution < 1.29 is 9.13 Å². The van der Waals surface area contributed by atoms with Gasteiger partial charge in [0.1, 0.15) is 18.2 Å². The van der Waals surface area contributed by atoms with Gasteiger partial charge in [-0.05, 0) is 42.0 Å². The van der Waals surface area contributed by atoms with Crippen LogP contribution in [0, 0.1) is 5.82 Å². The molecule has 0 aliphatic carbocycles. The van der Waals surface area contributed by atoms with Crippen LogP contribution in [0.1, 0.15) is 11.1 Å². The van der Waals surface area contributed by atoms with E-state index in [1.165, 1.54) is 6.07 Å². The molecular weight excluding hydrogens is 325 g/mol. The summed E-state index contributed by atoms with van der Waals surface area (Å²) < 4.78 is 19.2. The maximum Gasteiger partial charge on any atom is 0.184 e. The van der Waals surface area contributed by atoms with Crippen LogP contribution in [0.4, 0.5) is 4.39 Å². The largest absolute Gasteiger partial charge is 0.489 e. The summed E-state index contributed by atoms with van der Waals surface area (Å²) in [7, 11) is 0. The third-order valence-electron chi connectivity index (χ3n) is 2.69. The Hall–Kier alpha value is -2.18. The van der Waals surface area contributed by atoms with Gasteiger partial charge in [0, 0.05) is 5.56 Å². The average Bonchev–Trinajstić information content (AvgIpc) is 2.47. The molecule has 0 fully saturated rings. The molecule has 2 aromatic carbocycles. The Bertz CT molecular complexity index is 689. The second-order valence-electron chi connectivity index (χ2n) is 4.30. The number of halogens is 2. The Labute approximate surface area is 137 Å². The zero-order valence-electron chi connectivity index (χ0n) is 11.4. The van der Waals surface area contributed by atoms with Crippen molar-refractivity contribution >= 4 is 35.1 Å². The van der Waals surface area contributed by atoms with E-state index in [0.717, 1.165) is 5.56 Å². The van der Waals surface area contributed by atoms with E-state index in [4.69, 9.17) is 22.1 Å². The van der Waals surface area contributed by atoms with Crippen LogP contribution < -0.4 is 15.9 Å². The number of thiocarbonyl (C=S) groups is 1. The van der Waals surface area contributed by atoms with E-state index < -0.39 is 5.82 Å². The SMILES string of the molecule is NC(=S)N/N=C\c1cccc(OCc2c(F)cccc2Cl)c1. The third-order valence-corrected chi connectivity index (χ3v) is 3.14. The zero-order chi connectivity index (χ0) is 15.9. The molecule has 2 rings (SSSR count). The predicted molar refractivity (Wildman–Crippen MR) is 89.7 cm³/mol. The highest BCUT2D eigenvalue weighted by molar-refractivity contribution is 7.80. The number of hydrazone groups is 1. The molecule has 0 saturated heterocycles. The summed E-state index contributed by atoms with van der Waals surface area (Å²) in [6.45, 7) is 0.0389. The topological polar surface area (TPSA) is 59.6 Å². The number of ether oxygens (including phenoxy) is 1. The Balaban J connectivity index is 2.04. The Morgan fingerprint density at radius 3 is 2.86 bits per heavy atom. The smallest absolute Gasteiger partial charge is 0.184 e. The molecule has 0 aromatic heterocycles. The lowest BCUT2D eigenvalue weighted by Crippen LogP contribution is -2.23. The standard InChI is InChI=1S/C15H13ClFN3OS/c16-13-5-2-6-14(17)12(13)9-21-11-4-1-3-10(7-11)8-19-20-15(18)22/h1-8H,9H2,(H3,18,20,22)/b19-8-. The highest BCUT2D eigenvalue weighted by Crippen LogP contribution is 2.21. The molecule has 0 bridgehead atoms. The molecular formula is C15H13ClFN3OS. The molecule has 3 N–H and O–H groups in total. The second-order valence-corrected chi connectivity index (χ2v) is 5.14. The number of hydrogen-bond donors (Lipinski definition) is 2. The van der Waals surface area contributed by atoms with Gasteiger partial charge >= 0.3 is 0 Å². The summed E-state index contributed by atoms with van der Waals surface area (Å²) in [6.07, 6.45) is 1.54. The monoisotopic (exact) mass is 337 g/mol. The van der Waals surface area contributed by atoms with Gasteiger partial charge in [0.15, 0.2) is 5.11 Å². The van der Waals surface area contributed by atoms with Gasteiger partial charge in [-0.25, -0.2) is 4.39 Å². The Morgan fingerprint density at radius 1 is 1.36 bits per heavy atom. The van der Waals surface area contributed by atoms with Crippen LogP contribution in [0.15, 0.2) is 47.6 Å². The van der Waals surface area contributed by atoms with Gasteiger partial charge < -0.3 is 10.5 Å². The fourth-order valence-electron chi connectivity index (χ4n) is 1.68. The number of benzene rings is 2. The predicted octanol–water partition coefficient (Wildman–Crippen LogP) is 3.23. The fourth-order valence-corrected chi connectivity index (χ4v) is 1.95. The molecule has 0 amide bonds. The minimum absolute atomic E-state index is 0.0389. The molecule has 0 unspecified atom stereocenters. The highest BCUT2D eigenvalue weighted by Gasteiger charge is 2.07. The quantitative estimate of drug-likeness (QED) is 0.499. The number of nitrogens with two attached hydrogens (primary N) is 1. The van der Waals surface area contributed by atoms with Crippen LogP contribution in [-0.4, -0.2) is 11.3 Å². The molecule has 0 radical (unpaired) electrons. The van der Waals surface area contributed by atoms with Gasteiger partial charge in [-0.2, -0.15) is 5.10 Å². The van der Waals surface area contributed by atoms with Gasteiger partial charge in [-0.15, -0.1) is 0 Å². The van der Waals surface area contributed by atoms with E-state index in [2.05, 4.69) is 22.7 Å². The van der Waals surface area contributed by atoms with E-state index in [9.17, 15) is 4.39 Å². The van der Waals surface area contributed by atoms with Crippen LogP contribution in [0.5, 0.6) is 5.75 Å². The lowest BCUT2D eigenvalue weighted by Gasteiger charge is -2.09.